The third kappa shape index (κ3) is 4.35. The number of methoxy groups -OCH3 is 1. The highest BCUT2D eigenvalue weighted by Gasteiger charge is 2.40. The van der Waals surface area contributed by atoms with Gasteiger partial charge < -0.3 is 9.47 Å². The molecule has 9 heteroatoms. The summed E-state index contributed by atoms with van der Waals surface area (Å²) in [6, 6.07) is 11.7. The minimum Gasteiger partial charge on any atom is -0.497 e. The van der Waals surface area contributed by atoms with E-state index in [1.807, 2.05) is 0 Å². The molecule has 0 saturated carbocycles. The number of esters is 1. The average molecular weight is 409 g/mol. The monoisotopic (exact) mass is 409 g/mol. The molecule has 0 bridgehead atoms. The fourth-order valence-corrected chi connectivity index (χ4v) is 2.79. The molecule has 1 N–H and O–H groups in total. The molecule has 1 saturated heterocycles. The summed E-state index contributed by atoms with van der Waals surface area (Å²) in [5.74, 6) is -2.77. The Morgan fingerprint density at radius 1 is 1.17 bits per heavy atom. The van der Waals surface area contributed by atoms with E-state index in [1.54, 1.807) is 37.3 Å². The number of aliphatic imine (C=N–C) groups is 1. The van der Waals surface area contributed by atoms with Gasteiger partial charge in [0, 0.05) is 6.21 Å². The Labute approximate surface area is 172 Å². The number of hydrogen-bond donors (Lipinski definition) is 1. The lowest BCUT2D eigenvalue weighted by Crippen LogP contribution is -2.58. The molecule has 0 radical (unpaired) electrons. The Morgan fingerprint density at radius 3 is 2.57 bits per heavy atom. The first-order valence-electron chi connectivity index (χ1n) is 9.08. The molecule has 4 amide bonds. The number of imide groups is 2. The van der Waals surface area contributed by atoms with Gasteiger partial charge in [-0.1, -0.05) is 6.07 Å². The molecule has 30 heavy (non-hydrogen) atoms. The molecule has 0 unspecified atom stereocenters. The zero-order chi connectivity index (χ0) is 21.7. The van der Waals surface area contributed by atoms with Gasteiger partial charge in [-0.25, -0.2) is 14.5 Å². The van der Waals surface area contributed by atoms with Crippen LogP contribution in [0.5, 0.6) is 5.75 Å². The van der Waals surface area contributed by atoms with E-state index < -0.39 is 29.7 Å². The quantitative estimate of drug-likeness (QED) is 0.445. The molecular formula is C21H19N3O6. The topological polar surface area (TPSA) is 114 Å². The second-order valence-electron chi connectivity index (χ2n) is 6.19. The van der Waals surface area contributed by atoms with E-state index in [9.17, 15) is 19.2 Å². The molecule has 1 fully saturated rings. The smallest absolute Gasteiger partial charge is 0.338 e. The number of carbonyl (C=O) groups excluding carboxylic acids is 4. The first-order valence-corrected chi connectivity index (χ1v) is 9.08. The number of nitrogens with zero attached hydrogens (tertiary/aromatic N) is 2. The van der Waals surface area contributed by atoms with Crippen LogP contribution in [0.4, 0.5) is 16.2 Å². The van der Waals surface area contributed by atoms with Crippen molar-refractivity contribution in [2.45, 2.75) is 6.92 Å². The summed E-state index contributed by atoms with van der Waals surface area (Å²) < 4.78 is 10.0. The third-order valence-electron chi connectivity index (χ3n) is 4.26. The van der Waals surface area contributed by atoms with Gasteiger partial charge in [0.25, 0.3) is 5.91 Å². The summed E-state index contributed by atoms with van der Waals surface area (Å²) in [5.41, 5.74) is 0.934. The van der Waals surface area contributed by atoms with Crippen molar-refractivity contribution in [3.8, 4) is 5.75 Å². The normalized spacial score (nSPS) is 16.5. The summed E-state index contributed by atoms with van der Waals surface area (Å²) in [7, 11) is 1.50. The number of amides is 4. The van der Waals surface area contributed by atoms with Crippen LogP contribution in [0.2, 0.25) is 0 Å². The number of nitrogens with one attached hydrogen (secondary N) is 1. The van der Waals surface area contributed by atoms with Crippen LogP contribution in [0.25, 0.3) is 0 Å². The van der Waals surface area contributed by atoms with Gasteiger partial charge in [0.15, 0.2) is 5.92 Å². The van der Waals surface area contributed by atoms with Crippen molar-refractivity contribution >= 4 is 41.4 Å². The van der Waals surface area contributed by atoms with Gasteiger partial charge in [-0.2, -0.15) is 0 Å². The predicted molar refractivity (Wildman–Crippen MR) is 108 cm³/mol. The van der Waals surface area contributed by atoms with Gasteiger partial charge in [0.05, 0.1) is 30.7 Å². The number of ether oxygens (including phenoxy) is 2. The van der Waals surface area contributed by atoms with E-state index in [-0.39, 0.29) is 12.3 Å². The van der Waals surface area contributed by atoms with Crippen molar-refractivity contribution in [2.24, 2.45) is 10.9 Å². The van der Waals surface area contributed by atoms with E-state index in [2.05, 4.69) is 10.3 Å². The van der Waals surface area contributed by atoms with E-state index in [0.717, 1.165) is 11.1 Å². The number of urea groups is 1. The van der Waals surface area contributed by atoms with Gasteiger partial charge in [-0.15, -0.1) is 0 Å². The largest absolute Gasteiger partial charge is 0.497 e. The fourth-order valence-electron chi connectivity index (χ4n) is 2.79. The Hall–Kier alpha value is -4.01. The molecule has 1 aliphatic rings. The SMILES string of the molecule is CCOC(=O)c1cccc(N=C[C@H]2C(=O)NC(=O)N(c3ccc(OC)cc3)C2=O)c1. The molecule has 1 aliphatic heterocycles. The molecule has 2 aromatic rings. The summed E-state index contributed by atoms with van der Waals surface area (Å²) >= 11 is 0. The summed E-state index contributed by atoms with van der Waals surface area (Å²) in [6.45, 7) is 1.93. The fraction of sp³-hybridized carbons (Fsp3) is 0.190. The second kappa shape index (κ2) is 8.99. The summed E-state index contributed by atoms with van der Waals surface area (Å²) in [6.07, 6.45) is 1.14. The minimum absolute atomic E-state index is 0.234. The highest BCUT2D eigenvalue weighted by atomic mass is 16.5. The molecule has 9 nitrogen and oxygen atoms in total. The van der Waals surface area contributed by atoms with Crippen LogP contribution in [-0.2, 0) is 14.3 Å². The van der Waals surface area contributed by atoms with Crippen LogP contribution in [0, 0.1) is 5.92 Å². The third-order valence-corrected chi connectivity index (χ3v) is 4.26. The van der Waals surface area contributed by atoms with E-state index in [4.69, 9.17) is 9.47 Å². The maximum absolute atomic E-state index is 12.8. The number of carbonyl (C=O) groups is 4. The Balaban J connectivity index is 1.83. The van der Waals surface area contributed by atoms with Crippen LogP contribution in [0.15, 0.2) is 53.5 Å². The molecule has 154 valence electrons. The van der Waals surface area contributed by atoms with Gasteiger partial charge in [0.2, 0.25) is 5.91 Å². The van der Waals surface area contributed by atoms with Crippen molar-refractivity contribution in [3.05, 3.63) is 54.1 Å². The van der Waals surface area contributed by atoms with Crippen molar-refractivity contribution in [1.29, 1.82) is 0 Å². The number of benzene rings is 2. The minimum atomic E-state index is -1.31. The van der Waals surface area contributed by atoms with Crippen LogP contribution in [0.1, 0.15) is 17.3 Å². The molecule has 1 heterocycles. The molecule has 2 aromatic carbocycles. The highest BCUT2D eigenvalue weighted by molar-refractivity contribution is 6.32. The number of hydrogen-bond acceptors (Lipinski definition) is 7. The van der Waals surface area contributed by atoms with Crippen molar-refractivity contribution in [1.82, 2.24) is 5.32 Å². The lowest BCUT2D eigenvalue weighted by molar-refractivity contribution is -0.131. The first kappa shape index (κ1) is 20.7. The standard InChI is InChI=1S/C21H19N3O6/c1-3-30-20(27)13-5-4-6-14(11-13)22-12-17-18(25)23-21(28)24(19(17)26)15-7-9-16(29-2)10-8-15/h4-12,17H,3H2,1-2H3,(H,23,25,28)/t17-/m0/s1. The molecule has 0 aliphatic carbocycles. The lowest BCUT2D eigenvalue weighted by Gasteiger charge is -2.28. The zero-order valence-electron chi connectivity index (χ0n) is 16.3. The maximum atomic E-state index is 12.8. The van der Waals surface area contributed by atoms with Crippen LogP contribution in [0.3, 0.4) is 0 Å². The van der Waals surface area contributed by atoms with Crippen LogP contribution in [-0.4, -0.2) is 43.7 Å². The number of anilines is 1. The van der Waals surface area contributed by atoms with E-state index in [1.165, 1.54) is 25.3 Å². The van der Waals surface area contributed by atoms with Crippen molar-refractivity contribution < 1.29 is 28.7 Å². The molecule has 0 aromatic heterocycles. The van der Waals surface area contributed by atoms with Crippen molar-refractivity contribution in [3.63, 3.8) is 0 Å². The Morgan fingerprint density at radius 2 is 1.90 bits per heavy atom. The van der Waals surface area contributed by atoms with Gasteiger partial charge in [-0.05, 0) is 49.4 Å². The predicted octanol–water partition coefficient (Wildman–Crippen LogP) is 2.47. The molecule has 1 atom stereocenters. The van der Waals surface area contributed by atoms with E-state index in [0.29, 0.717) is 17.0 Å². The van der Waals surface area contributed by atoms with Crippen LogP contribution >= 0.6 is 0 Å². The van der Waals surface area contributed by atoms with E-state index >= 15 is 0 Å². The van der Waals surface area contributed by atoms with Gasteiger partial charge >= 0.3 is 12.0 Å². The van der Waals surface area contributed by atoms with Crippen molar-refractivity contribution in [2.75, 3.05) is 18.6 Å². The van der Waals surface area contributed by atoms with Gasteiger partial charge in [-0.3, -0.25) is 19.9 Å². The lowest BCUT2D eigenvalue weighted by atomic mass is 10.1. The second-order valence-corrected chi connectivity index (χ2v) is 6.19. The zero-order valence-corrected chi connectivity index (χ0v) is 16.3. The summed E-state index contributed by atoms with van der Waals surface area (Å²) in [4.78, 5) is 54.1. The maximum Gasteiger partial charge on any atom is 0.338 e. The Kier molecular flexibility index (Phi) is 6.21. The molecule has 3 rings (SSSR count). The average Bonchev–Trinajstić information content (AvgIpc) is 2.74. The summed E-state index contributed by atoms with van der Waals surface area (Å²) in [5, 5.41) is 2.15. The number of barbiturate groups is 1. The highest BCUT2D eigenvalue weighted by Crippen LogP contribution is 2.23. The molecule has 0 spiro atoms. The molecular weight excluding hydrogens is 390 g/mol. The first-order chi connectivity index (χ1) is 14.4. The van der Waals surface area contributed by atoms with Gasteiger partial charge in [0.1, 0.15) is 5.75 Å². The Bertz CT molecular complexity index is 1020. The number of rotatable bonds is 6. The van der Waals surface area contributed by atoms with Crippen LogP contribution < -0.4 is 15.0 Å².